The van der Waals surface area contributed by atoms with E-state index in [0.29, 0.717) is 12.5 Å². The van der Waals surface area contributed by atoms with Gasteiger partial charge >= 0.3 is 6.03 Å². The Morgan fingerprint density at radius 1 is 1.38 bits per heavy atom. The van der Waals surface area contributed by atoms with Crippen molar-refractivity contribution in [2.45, 2.75) is 51.7 Å². The fraction of sp³-hybridized carbons (Fsp3) is 0.632. The third kappa shape index (κ3) is 5.41. The van der Waals surface area contributed by atoms with Crippen LogP contribution in [0.1, 0.15) is 38.2 Å². The number of nitrogens with one attached hydrogen (secondary N) is 1. The average molecular weight is 334 g/mol. The van der Waals surface area contributed by atoms with E-state index in [1.807, 2.05) is 45.2 Å². The number of amides is 2. The second-order valence-corrected chi connectivity index (χ2v) is 6.90. The summed E-state index contributed by atoms with van der Waals surface area (Å²) in [4.78, 5) is 14.1. The van der Waals surface area contributed by atoms with Gasteiger partial charge in [-0.3, -0.25) is 0 Å². The maximum Gasteiger partial charge on any atom is 0.317 e. The fourth-order valence-corrected chi connectivity index (χ4v) is 3.20. The van der Waals surface area contributed by atoms with Gasteiger partial charge in [0, 0.05) is 19.7 Å². The molecule has 5 heteroatoms. The summed E-state index contributed by atoms with van der Waals surface area (Å²) in [5, 5.41) is 12.2. The second kappa shape index (κ2) is 8.92. The number of aliphatic hydroxyl groups is 1. The first-order valence-electron chi connectivity index (χ1n) is 8.84. The van der Waals surface area contributed by atoms with E-state index in [1.165, 1.54) is 0 Å². The van der Waals surface area contributed by atoms with Crippen molar-refractivity contribution < 1.29 is 14.6 Å². The first-order valence-corrected chi connectivity index (χ1v) is 8.84. The van der Waals surface area contributed by atoms with Gasteiger partial charge in [0.25, 0.3) is 0 Å². The molecule has 0 radical (unpaired) electrons. The molecule has 0 spiro atoms. The van der Waals surface area contributed by atoms with Gasteiger partial charge in [-0.05, 0) is 63.1 Å². The molecule has 1 aliphatic carbocycles. The number of urea groups is 1. The van der Waals surface area contributed by atoms with Crippen molar-refractivity contribution in [2.24, 2.45) is 5.92 Å². The number of rotatable bonds is 6. The van der Waals surface area contributed by atoms with E-state index in [1.54, 1.807) is 4.90 Å². The van der Waals surface area contributed by atoms with Gasteiger partial charge in [-0.25, -0.2) is 4.79 Å². The molecule has 0 aromatic heterocycles. The molecule has 1 aromatic rings. The Morgan fingerprint density at radius 3 is 2.71 bits per heavy atom. The van der Waals surface area contributed by atoms with Gasteiger partial charge in [0.15, 0.2) is 0 Å². The van der Waals surface area contributed by atoms with E-state index < -0.39 is 0 Å². The van der Waals surface area contributed by atoms with Crippen LogP contribution < -0.4 is 10.1 Å². The van der Waals surface area contributed by atoms with Crippen LogP contribution in [0.3, 0.4) is 0 Å². The van der Waals surface area contributed by atoms with Gasteiger partial charge < -0.3 is 20.1 Å². The molecule has 1 unspecified atom stereocenters. The molecule has 2 rings (SSSR count). The van der Waals surface area contributed by atoms with E-state index in [0.717, 1.165) is 37.0 Å². The number of ether oxygens (including phenoxy) is 1. The molecular formula is C19H30N2O3. The van der Waals surface area contributed by atoms with Gasteiger partial charge in [0.1, 0.15) is 11.9 Å². The highest BCUT2D eigenvalue weighted by Crippen LogP contribution is 2.26. The lowest BCUT2D eigenvalue weighted by molar-refractivity contribution is 0.131. The van der Waals surface area contributed by atoms with Gasteiger partial charge in [0.2, 0.25) is 0 Å². The number of carbonyl (C=O) groups is 1. The predicted molar refractivity (Wildman–Crippen MR) is 95.3 cm³/mol. The van der Waals surface area contributed by atoms with Crippen LogP contribution in [0.2, 0.25) is 0 Å². The molecule has 2 amide bonds. The Morgan fingerprint density at radius 2 is 2.08 bits per heavy atom. The number of hydrogen-bond acceptors (Lipinski definition) is 3. The number of benzene rings is 1. The summed E-state index contributed by atoms with van der Waals surface area (Å²) in [6.07, 6.45) is 3.82. The third-order valence-corrected chi connectivity index (χ3v) is 4.81. The van der Waals surface area contributed by atoms with Crippen molar-refractivity contribution in [1.82, 2.24) is 10.2 Å². The summed E-state index contributed by atoms with van der Waals surface area (Å²) in [5.74, 6) is 1.23. The minimum absolute atomic E-state index is 0.0536. The van der Waals surface area contributed by atoms with Gasteiger partial charge in [0.05, 0.1) is 6.54 Å². The summed E-state index contributed by atoms with van der Waals surface area (Å²) in [6, 6.07) is 8.12. The highest BCUT2D eigenvalue weighted by Gasteiger charge is 2.26. The zero-order chi connectivity index (χ0) is 17.5. The monoisotopic (exact) mass is 334 g/mol. The van der Waals surface area contributed by atoms with Crippen molar-refractivity contribution in [3.05, 3.63) is 29.8 Å². The van der Waals surface area contributed by atoms with Crippen LogP contribution in [0.5, 0.6) is 5.75 Å². The smallest absolute Gasteiger partial charge is 0.317 e. The van der Waals surface area contributed by atoms with Crippen molar-refractivity contribution in [3.8, 4) is 5.75 Å². The summed E-state index contributed by atoms with van der Waals surface area (Å²) >= 11 is 0. The van der Waals surface area contributed by atoms with Gasteiger partial charge in [-0.1, -0.05) is 12.1 Å². The second-order valence-electron chi connectivity index (χ2n) is 6.90. The van der Waals surface area contributed by atoms with E-state index in [-0.39, 0.29) is 24.8 Å². The average Bonchev–Trinajstić information content (AvgIpc) is 2.59. The van der Waals surface area contributed by atoms with Crippen LogP contribution in [0, 0.1) is 12.8 Å². The number of aliphatic hydroxyl groups excluding tert-OH is 1. The van der Waals surface area contributed by atoms with E-state index in [9.17, 15) is 9.90 Å². The third-order valence-electron chi connectivity index (χ3n) is 4.81. The van der Waals surface area contributed by atoms with Gasteiger partial charge in [-0.15, -0.1) is 0 Å². The number of aryl methyl sites for hydroxylation is 1. The van der Waals surface area contributed by atoms with Crippen molar-refractivity contribution in [3.63, 3.8) is 0 Å². The highest BCUT2D eigenvalue weighted by atomic mass is 16.5. The molecule has 1 aromatic carbocycles. The normalized spacial score (nSPS) is 21.8. The highest BCUT2D eigenvalue weighted by molar-refractivity contribution is 5.74. The zero-order valence-electron chi connectivity index (χ0n) is 15.0. The van der Waals surface area contributed by atoms with Crippen LogP contribution in [0.15, 0.2) is 24.3 Å². The molecule has 1 fully saturated rings. The molecule has 1 atom stereocenters. The molecule has 1 saturated carbocycles. The molecule has 134 valence electrons. The zero-order valence-corrected chi connectivity index (χ0v) is 15.0. The molecule has 0 bridgehead atoms. The van der Waals surface area contributed by atoms with E-state index >= 15 is 0 Å². The predicted octanol–water partition coefficient (Wildman–Crippen LogP) is 2.95. The Bertz CT molecular complexity index is 527. The summed E-state index contributed by atoms with van der Waals surface area (Å²) in [6.45, 7) is 4.72. The van der Waals surface area contributed by atoms with Crippen LogP contribution in [0.25, 0.3) is 0 Å². The Balaban J connectivity index is 1.73. The first-order chi connectivity index (χ1) is 11.5. The number of carbonyl (C=O) groups excluding carboxylic acids is 1. The minimum atomic E-state index is -0.0886. The lowest BCUT2D eigenvalue weighted by Crippen LogP contribution is -2.47. The lowest BCUT2D eigenvalue weighted by Gasteiger charge is -2.34. The molecule has 0 heterocycles. The number of nitrogens with zero attached hydrogens (tertiary/aromatic N) is 1. The topological polar surface area (TPSA) is 61.8 Å². The van der Waals surface area contributed by atoms with Crippen molar-refractivity contribution >= 4 is 6.03 Å². The maximum atomic E-state index is 12.3. The van der Waals surface area contributed by atoms with Gasteiger partial charge in [-0.2, -0.15) is 0 Å². The van der Waals surface area contributed by atoms with Crippen molar-refractivity contribution in [2.75, 3.05) is 20.2 Å². The van der Waals surface area contributed by atoms with Crippen LogP contribution in [-0.4, -0.2) is 48.4 Å². The standard InChI is InChI=1S/C19H30N2O3/c1-14-5-4-6-18(11-14)24-15(2)12-20-19(23)21(3)17-9-7-16(13-22)8-10-17/h4-6,11,15-17,22H,7-10,12-13H2,1-3H3,(H,20,23). The molecule has 2 N–H and O–H groups in total. The molecule has 0 aliphatic heterocycles. The quantitative estimate of drug-likeness (QED) is 0.841. The Hall–Kier alpha value is -1.75. The van der Waals surface area contributed by atoms with Crippen LogP contribution in [0.4, 0.5) is 4.79 Å². The first kappa shape index (κ1) is 18.6. The maximum absolute atomic E-state index is 12.3. The molecule has 24 heavy (non-hydrogen) atoms. The SMILES string of the molecule is Cc1cccc(OC(C)CNC(=O)N(C)C2CCC(CO)CC2)c1. The van der Waals surface area contributed by atoms with E-state index in [4.69, 9.17) is 4.74 Å². The molecule has 1 aliphatic rings. The van der Waals surface area contributed by atoms with E-state index in [2.05, 4.69) is 5.32 Å². The Kier molecular flexibility index (Phi) is 6.91. The summed E-state index contributed by atoms with van der Waals surface area (Å²) in [5.41, 5.74) is 1.15. The largest absolute Gasteiger partial charge is 0.489 e. The molecule has 5 nitrogen and oxygen atoms in total. The molecular weight excluding hydrogens is 304 g/mol. The minimum Gasteiger partial charge on any atom is -0.489 e. The van der Waals surface area contributed by atoms with Crippen LogP contribution in [-0.2, 0) is 0 Å². The summed E-state index contributed by atoms with van der Waals surface area (Å²) in [7, 11) is 1.85. The number of hydrogen-bond donors (Lipinski definition) is 2. The molecule has 0 saturated heterocycles. The van der Waals surface area contributed by atoms with Crippen molar-refractivity contribution in [1.29, 1.82) is 0 Å². The van der Waals surface area contributed by atoms with Crippen LogP contribution >= 0.6 is 0 Å². The lowest BCUT2D eigenvalue weighted by atomic mass is 9.86. The Labute approximate surface area is 145 Å². The summed E-state index contributed by atoms with van der Waals surface area (Å²) < 4.78 is 5.84. The fourth-order valence-electron chi connectivity index (χ4n) is 3.20.